The molecule has 0 atom stereocenters. The van der Waals surface area contributed by atoms with E-state index in [4.69, 9.17) is 0 Å². The predicted octanol–water partition coefficient (Wildman–Crippen LogP) is 2.25. The lowest BCUT2D eigenvalue weighted by molar-refractivity contribution is -0.115. The molecule has 0 bridgehead atoms. The standard InChI is InChI=1S/C9H8BrNO/c1-5-2-6-3-9(12)11-8(6)4-7(5)10/h2,4H,3H2,1H3,(H,11,12). The Hall–Kier alpha value is -0.830. The highest BCUT2D eigenvalue weighted by Gasteiger charge is 2.17. The van der Waals surface area contributed by atoms with Crippen LogP contribution in [0, 0.1) is 6.92 Å². The smallest absolute Gasteiger partial charge is 0.228 e. The van der Waals surface area contributed by atoms with Crippen LogP contribution >= 0.6 is 15.9 Å². The second-order valence-corrected chi connectivity index (χ2v) is 3.84. The lowest BCUT2D eigenvalue weighted by atomic mass is 10.1. The molecule has 1 aromatic rings. The van der Waals surface area contributed by atoms with Crippen molar-refractivity contribution < 1.29 is 4.79 Å². The Morgan fingerprint density at radius 2 is 2.25 bits per heavy atom. The van der Waals surface area contributed by atoms with E-state index in [-0.39, 0.29) is 5.91 Å². The van der Waals surface area contributed by atoms with Gasteiger partial charge < -0.3 is 5.32 Å². The van der Waals surface area contributed by atoms with E-state index in [1.165, 1.54) is 5.56 Å². The van der Waals surface area contributed by atoms with Gasteiger partial charge >= 0.3 is 0 Å². The van der Waals surface area contributed by atoms with Crippen LogP contribution < -0.4 is 5.32 Å². The van der Waals surface area contributed by atoms with E-state index in [0.717, 1.165) is 15.7 Å². The van der Waals surface area contributed by atoms with Gasteiger partial charge in [-0.2, -0.15) is 0 Å². The second kappa shape index (κ2) is 2.59. The Balaban J connectivity index is 2.55. The summed E-state index contributed by atoms with van der Waals surface area (Å²) in [6, 6.07) is 3.99. The number of hydrogen-bond acceptors (Lipinski definition) is 1. The minimum absolute atomic E-state index is 0.0856. The lowest BCUT2D eigenvalue weighted by Crippen LogP contribution is -2.03. The van der Waals surface area contributed by atoms with Crippen LogP contribution in [0.2, 0.25) is 0 Å². The number of carbonyl (C=O) groups excluding carboxylic acids is 1. The van der Waals surface area contributed by atoms with Crippen molar-refractivity contribution in [2.24, 2.45) is 0 Å². The number of nitrogens with one attached hydrogen (secondary N) is 1. The summed E-state index contributed by atoms with van der Waals surface area (Å²) in [5.41, 5.74) is 3.21. The Bertz CT molecular complexity index is 327. The molecular formula is C9H8BrNO. The number of amides is 1. The van der Waals surface area contributed by atoms with Crippen molar-refractivity contribution in [1.82, 2.24) is 0 Å². The fraction of sp³-hybridized carbons (Fsp3) is 0.222. The number of aryl methyl sites for hydroxylation is 1. The van der Waals surface area contributed by atoms with Crippen LogP contribution in [0.1, 0.15) is 11.1 Å². The van der Waals surface area contributed by atoms with E-state index in [2.05, 4.69) is 21.2 Å². The molecule has 1 N–H and O–H groups in total. The molecule has 62 valence electrons. The summed E-state index contributed by atoms with van der Waals surface area (Å²) in [6.07, 6.45) is 0.517. The highest BCUT2D eigenvalue weighted by atomic mass is 79.9. The molecule has 1 aromatic carbocycles. The van der Waals surface area contributed by atoms with Gasteiger partial charge in [-0.25, -0.2) is 0 Å². The highest BCUT2D eigenvalue weighted by molar-refractivity contribution is 9.10. The summed E-state index contributed by atoms with van der Waals surface area (Å²) in [5, 5.41) is 2.80. The Morgan fingerprint density at radius 3 is 3.00 bits per heavy atom. The van der Waals surface area contributed by atoms with Gasteiger partial charge in [0.05, 0.1) is 6.42 Å². The van der Waals surface area contributed by atoms with E-state index in [1.807, 2.05) is 19.1 Å². The third-order valence-electron chi connectivity index (χ3n) is 2.01. The molecule has 1 amide bonds. The highest BCUT2D eigenvalue weighted by Crippen LogP contribution is 2.29. The summed E-state index contributed by atoms with van der Waals surface area (Å²) < 4.78 is 1.04. The number of carbonyl (C=O) groups is 1. The van der Waals surface area contributed by atoms with Crippen LogP contribution in [0.15, 0.2) is 16.6 Å². The molecule has 2 rings (SSSR count). The molecule has 0 aromatic heterocycles. The quantitative estimate of drug-likeness (QED) is 0.722. The normalized spacial score (nSPS) is 14.3. The molecule has 1 heterocycles. The van der Waals surface area contributed by atoms with Crippen molar-refractivity contribution in [3.05, 3.63) is 27.7 Å². The average Bonchev–Trinajstić information content (AvgIpc) is 2.30. The molecule has 0 radical (unpaired) electrons. The van der Waals surface area contributed by atoms with E-state index in [1.54, 1.807) is 0 Å². The van der Waals surface area contributed by atoms with Gasteiger partial charge in [0.25, 0.3) is 0 Å². The predicted molar refractivity (Wildman–Crippen MR) is 51.2 cm³/mol. The molecule has 0 spiro atoms. The van der Waals surface area contributed by atoms with E-state index >= 15 is 0 Å². The third-order valence-corrected chi connectivity index (χ3v) is 2.86. The number of halogens is 1. The van der Waals surface area contributed by atoms with Gasteiger partial charge in [0.1, 0.15) is 0 Å². The van der Waals surface area contributed by atoms with Crippen LogP contribution in [0.4, 0.5) is 5.69 Å². The van der Waals surface area contributed by atoms with Crippen LogP contribution in [0.3, 0.4) is 0 Å². The second-order valence-electron chi connectivity index (χ2n) is 2.98. The molecular weight excluding hydrogens is 218 g/mol. The van der Waals surface area contributed by atoms with Gasteiger partial charge in [-0.3, -0.25) is 4.79 Å². The molecule has 3 heteroatoms. The summed E-state index contributed by atoms with van der Waals surface area (Å²) >= 11 is 3.42. The molecule has 0 unspecified atom stereocenters. The van der Waals surface area contributed by atoms with E-state index < -0.39 is 0 Å². The van der Waals surface area contributed by atoms with Gasteiger partial charge in [0.2, 0.25) is 5.91 Å². The first-order chi connectivity index (χ1) is 5.66. The number of fused-ring (bicyclic) bond motifs is 1. The fourth-order valence-electron chi connectivity index (χ4n) is 1.37. The molecule has 0 saturated carbocycles. The van der Waals surface area contributed by atoms with Crippen molar-refractivity contribution in [3.63, 3.8) is 0 Å². The van der Waals surface area contributed by atoms with Gasteiger partial charge in [-0.15, -0.1) is 0 Å². The zero-order chi connectivity index (χ0) is 8.72. The molecule has 1 aliphatic heterocycles. The molecule has 1 aliphatic rings. The van der Waals surface area contributed by atoms with Gasteiger partial charge in [-0.1, -0.05) is 22.0 Å². The number of rotatable bonds is 0. The summed E-state index contributed by atoms with van der Waals surface area (Å²) in [7, 11) is 0. The summed E-state index contributed by atoms with van der Waals surface area (Å²) in [6.45, 7) is 2.02. The number of hydrogen-bond donors (Lipinski definition) is 1. The van der Waals surface area contributed by atoms with Crippen molar-refractivity contribution in [2.45, 2.75) is 13.3 Å². The first-order valence-electron chi connectivity index (χ1n) is 3.75. The van der Waals surface area contributed by atoms with Crippen LogP contribution in [0.25, 0.3) is 0 Å². The molecule has 12 heavy (non-hydrogen) atoms. The monoisotopic (exact) mass is 225 g/mol. The topological polar surface area (TPSA) is 29.1 Å². The first kappa shape index (κ1) is 7.80. The molecule has 0 aliphatic carbocycles. The minimum Gasteiger partial charge on any atom is -0.325 e. The molecule has 0 saturated heterocycles. The van der Waals surface area contributed by atoms with Gasteiger partial charge in [0, 0.05) is 10.2 Å². The van der Waals surface area contributed by atoms with Crippen molar-refractivity contribution >= 4 is 27.5 Å². The molecule has 0 fully saturated rings. The molecule has 2 nitrogen and oxygen atoms in total. The Kier molecular flexibility index (Phi) is 1.68. The Morgan fingerprint density at radius 1 is 1.50 bits per heavy atom. The first-order valence-corrected chi connectivity index (χ1v) is 4.55. The summed E-state index contributed by atoms with van der Waals surface area (Å²) in [5.74, 6) is 0.0856. The van der Waals surface area contributed by atoms with Crippen molar-refractivity contribution in [3.8, 4) is 0 Å². The maximum Gasteiger partial charge on any atom is 0.228 e. The van der Waals surface area contributed by atoms with E-state index in [9.17, 15) is 4.79 Å². The fourth-order valence-corrected chi connectivity index (χ4v) is 1.71. The number of anilines is 1. The maximum absolute atomic E-state index is 11.0. The Labute approximate surface area is 79.1 Å². The number of benzene rings is 1. The SMILES string of the molecule is Cc1cc2c(cc1Br)NC(=O)C2. The van der Waals surface area contributed by atoms with Gasteiger partial charge in [-0.05, 0) is 24.1 Å². The zero-order valence-electron chi connectivity index (χ0n) is 6.65. The third kappa shape index (κ3) is 1.14. The van der Waals surface area contributed by atoms with Crippen molar-refractivity contribution in [1.29, 1.82) is 0 Å². The average molecular weight is 226 g/mol. The summed E-state index contributed by atoms with van der Waals surface area (Å²) in [4.78, 5) is 11.0. The van der Waals surface area contributed by atoms with Crippen LogP contribution in [0.5, 0.6) is 0 Å². The van der Waals surface area contributed by atoms with Crippen LogP contribution in [-0.2, 0) is 11.2 Å². The van der Waals surface area contributed by atoms with Crippen LogP contribution in [-0.4, -0.2) is 5.91 Å². The van der Waals surface area contributed by atoms with Gasteiger partial charge in [0.15, 0.2) is 0 Å². The largest absolute Gasteiger partial charge is 0.325 e. The van der Waals surface area contributed by atoms with Crippen molar-refractivity contribution in [2.75, 3.05) is 5.32 Å². The maximum atomic E-state index is 11.0. The zero-order valence-corrected chi connectivity index (χ0v) is 8.23. The lowest BCUT2D eigenvalue weighted by Gasteiger charge is -2.01. The van der Waals surface area contributed by atoms with E-state index in [0.29, 0.717) is 6.42 Å². The minimum atomic E-state index is 0.0856.